The summed E-state index contributed by atoms with van der Waals surface area (Å²) in [6, 6.07) is 15.2. The van der Waals surface area contributed by atoms with Crippen LogP contribution < -0.4 is 4.74 Å². The fourth-order valence-electron chi connectivity index (χ4n) is 4.10. The maximum absolute atomic E-state index is 13.6. The van der Waals surface area contributed by atoms with E-state index in [-0.39, 0.29) is 23.5 Å². The van der Waals surface area contributed by atoms with E-state index in [1.54, 1.807) is 21.9 Å². The highest BCUT2D eigenvalue weighted by molar-refractivity contribution is 7.89. The van der Waals surface area contributed by atoms with Gasteiger partial charge >= 0.3 is 6.03 Å². The van der Waals surface area contributed by atoms with Crippen molar-refractivity contribution >= 4 is 16.1 Å². The number of hydrogen-bond acceptors (Lipinski definition) is 5. The van der Waals surface area contributed by atoms with Crippen LogP contribution in [0, 0.1) is 0 Å². The number of hydrogen-bond donors (Lipinski definition) is 0. The van der Waals surface area contributed by atoms with Crippen LogP contribution in [0.4, 0.5) is 4.79 Å². The number of carbonyl (C=O) groups is 1. The molecule has 2 saturated heterocycles. The van der Waals surface area contributed by atoms with E-state index in [9.17, 15) is 13.2 Å². The van der Waals surface area contributed by atoms with Gasteiger partial charge < -0.3 is 14.4 Å². The van der Waals surface area contributed by atoms with Crippen LogP contribution in [0.3, 0.4) is 0 Å². The average Bonchev–Trinajstić information content (AvgIpc) is 3.17. The van der Waals surface area contributed by atoms with Gasteiger partial charge in [0.25, 0.3) is 0 Å². The fourth-order valence-corrected chi connectivity index (χ4v) is 5.75. The Bertz CT molecular complexity index is 1010. The number of nitrogens with zero attached hydrogens (tertiary/aromatic N) is 3. The molecule has 0 aliphatic carbocycles. The molecule has 0 spiro atoms. The van der Waals surface area contributed by atoms with Gasteiger partial charge in [-0.1, -0.05) is 30.3 Å². The topological polar surface area (TPSA) is 79.4 Å². The second kappa shape index (κ2) is 8.86. The molecule has 0 radical (unpaired) electrons. The van der Waals surface area contributed by atoms with Crippen molar-refractivity contribution < 1.29 is 22.7 Å². The van der Waals surface area contributed by atoms with E-state index in [1.165, 1.54) is 23.5 Å². The Morgan fingerprint density at radius 3 is 2.29 bits per heavy atom. The van der Waals surface area contributed by atoms with Crippen LogP contribution in [-0.4, -0.2) is 74.6 Å². The van der Waals surface area contributed by atoms with Gasteiger partial charge in [-0.25, -0.2) is 13.2 Å². The van der Waals surface area contributed by atoms with Crippen molar-refractivity contribution in [2.75, 3.05) is 40.0 Å². The first-order valence-corrected chi connectivity index (χ1v) is 11.7. The highest BCUT2D eigenvalue weighted by Gasteiger charge is 2.48. The summed E-state index contributed by atoms with van der Waals surface area (Å²) in [4.78, 5) is 17.0. The molecule has 0 bridgehead atoms. The van der Waals surface area contributed by atoms with Crippen molar-refractivity contribution in [3.8, 4) is 5.75 Å². The lowest BCUT2D eigenvalue weighted by Gasteiger charge is -2.36. The van der Waals surface area contributed by atoms with Crippen molar-refractivity contribution in [2.45, 2.75) is 24.0 Å². The van der Waals surface area contributed by atoms with Crippen molar-refractivity contribution in [3.05, 3.63) is 60.2 Å². The van der Waals surface area contributed by atoms with Crippen LogP contribution in [0.15, 0.2) is 59.5 Å². The minimum atomic E-state index is -3.85. The van der Waals surface area contributed by atoms with Gasteiger partial charge in [-0.05, 0) is 36.8 Å². The van der Waals surface area contributed by atoms with Gasteiger partial charge in [0.15, 0.2) is 0 Å². The molecule has 8 nitrogen and oxygen atoms in total. The standard InChI is InChI=1S/C22H27N3O5S/c1-17-16-24(31(27,28)20-10-8-19(29-2)9-11-20)21(18-6-4-3-5-7-18)25(17)22(26)23-12-14-30-15-13-23/h3-11,17,21H,12-16H2,1-2H3. The summed E-state index contributed by atoms with van der Waals surface area (Å²) < 4.78 is 39.2. The van der Waals surface area contributed by atoms with Crippen LogP contribution in [0.2, 0.25) is 0 Å². The number of sulfonamides is 1. The van der Waals surface area contributed by atoms with Gasteiger partial charge in [-0.15, -0.1) is 0 Å². The summed E-state index contributed by atoms with van der Waals surface area (Å²) in [5.74, 6) is 0.581. The smallest absolute Gasteiger partial charge is 0.322 e. The molecule has 2 heterocycles. The molecule has 2 atom stereocenters. The van der Waals surface area contributed by atoms with E-state index in [0.29, 0.717) is 32.1 Å². The SMILES string of the molecule is COc1ccc(S(=O)(=O)N2CC(C)N(C(=O)N3CCOCC3)C2c2ccccc2)cc1. The zero-order chi connectivity index (χ0) is 22.0. The summed E-state index contributed by atoms with van der Waals surface area (Å²) in [5, 5.41) is 0. The first-order chi connectivity index (χ1) is 14.9. The predicted molar refractivity (Wildman–Crippen MR) is 115 cm³/mol. The first-order valence-electron chi connectivity index (χ1n) is 10.3. The normalized spacial score (nSPS) is 22.5. The molecule has 4 rings (SSSR count). The minimum Gasteiger partial charge on any atom is -0.497 e. The number of morpholine rings is 1. The molecule has 2 aromatic rings. The zero-order valence-electron chi connectivity index (χ0n) is 17.7. The fraction of sp³-hybridized carbons (Fsp3) is 0.409. The molecule has 2 aliphatic heterocycles. The molecular weight excluding hydrogens is 418 g/mol. The molecule has 2 aromatic carbocycles. The van der Waals surface area contributed by atoms with E-state index in [1.807, 2.05) is 37.3 Å². The molecule has 0 N–H and O–H groups in total. The van der Waals surface area contributed by atoms with Crippen molar-refractivity contribution in [1.82, 2.24) is 14.1 Å². The summed E-state index contributed by atoms with van der Waals surface area (Å²) in [6.45, 7) is 4.06. The van der Waals surface area contributed by atoms with Gasteiger partial charge in [0.2, 0.25) is 10.0 Å². The van der Waals surface area contributed by atoms with Gasteiger partial charge in [0, 0.05) is 25.7 Å². The number of urea groups is 1. The summed E-state index contributed by atoms with van der Waals surface area (Å²) in [7, 11) is -2.32. The lowest BCUT2D eigenvalue weighted by Crippen LogP contribution is -2.50. The van der Waals surface area contributed by atoms with Crippen molar-refractivity contribution in [2.24, 2.45) is 0 Å². The zero-order valence-corrected chi connectivity index (χ0v) is 18.5. The Morgan fingerprint density at radius 1 is 1.03 bits per heavy atom. The van der Waals surface area contributed by atoms with E-state index >= 15 is 0 Å². The number of carbonyl (C=O) groups excluding carboxylic acids is 1. The second-order valence-electron chi connectivity index (χ2n) is 7.67. The monoisotopic (exact) mass is 445 g/mol. The molecule has 9 heteroatoms. The molecule has 2 unspecified atom stereocenters. The maximum atomic E-state index is 13.6. The number of amides is 2. The molecule has 2 aliphatic rings. The average molecular weight is 446 g/mol. The van der Waals surface area contributed by atoms with Crippen molar-refractivity contribution in [3.63, 3.8) is 0 Å². The Balaban J connectivity index is 1.73. The van der Waals surface area contributed by atoms with Crippen LogP contribution in [0.5, 0.6) is 5.75 Å². The Labute approximate surface area is 183 Å². The highest BCUT2D eigenvalue weighted by Crippen LogP contribution is 2.38. The molecule has 166 valence electrons. The van der Waals surface area contributed by atoms with Crippen molar-refractivity contribution in [1.29, 1.82) is 0 Å². The third-order valence-electron chi connectivity index (χ3n) is 5.72. The van der Waals surface area contributed by atoms with Gasteiger partial charge in [-0.3, -0.25) is 4.90 Å². The number of methoxy groups -OCH3 is 1. The molecule has 31 heavy (non-hydrogen) atoms. The van der Waals surface area contributed by atoms with Crippen LogP contribution in [0.25, 0.3) is 0 Å². The summed E-state index contributed by atoms with van der Waals surface area (Å²) in [5.41, 5.74) is 0.755. The first kappa shape index (κ1) is 21.6. The maximum Gasteiger partial charge on any atom is 0.322 e. The number of rotatable bonds is 4. The third kappa shape index (κ3) is 4.13. The Morgan fingerprint density at radius 2 is 1.68 bits per heavy atom. The van der Waals surface area contributed by atoms with Gasteiger partial charge in [-0.2, -0.15) is 4.31 Å². The van der Waals surface area contributed by atoms with E-state index in [4.69, 9.17) is 9.47 Å². The molecule has 2 fully saturated rings. The van der Waals surface area contributed by atoms with Crippen LogP contribution in [0.1, 0.15) is 18.7 Å². The van der Waals surface area contributed by atoms with Gasteiger partial charge in [0.1, 0.15) is 11.9 Å². The second-order valence-corrected chi connectivity index (χ2v) is 9.56. The number of ether oxygens (including phenoxy) is 2. The molecule has 0 saturated carbocycles. The van der Waals surface area contributed by atoms with E-state index < -0.39 is 16.2 Å². The summed E-state index contributed by atoms with van der Waals surface area (Å²) >= 11 is 0. The van der Waals surface area contributed by atoms with E-state index in [0.717, 1.165) is 5.56 Å². The Kier molecular flexibility index (Phi) is 6.17. The molecule has 2 amide bonds. The van der Waals surface area contributed by atoms with Crippen LogP contribution >= 0.6 is 0 Å². The Hall–Kier alpha value is -2.62. The quantitative estimate of drug-likeness (QED) is 0.723. The summed E-state index contributed by atoms with van der Waals surface area (Å²) in [6.07, 6.45) is -0.723. The van der Waals surface area contributed by atoms with Gasteiger partial charge in [0.05, 0.1) is 25.2 Å². The lowest BCUT2D eigenvalue weighted by molar-refractivity contribution is 0.0369. The predicted octanol–water partition coefficient (Wildman–Crippen LogP) is 2.54. The molecular formula is C22H27N3O5S. The number of benzene rings is 2. The third-order valence-corrected chi connectivity index (χ3v) is 7.56. The minimum absolute atomic E-state index is 0.169. The lowest BCUT2D eigenvalue weighted by atomic mass is 10.1. The highest BCUT2D eigenvalue weighted by atomic mass is 32.2. The van der Waals surface area contributed by atoms with E-state index in [2.05, 4.69) is 0 Å². The molecule has 0 aromatic heterocycles. The largest absolute Gasteiger partial charge is 0.497 e. The van der Waals surface area contributed by atoms with Crippen LogP contribution in [-0.2, 0) is 14.8 Å².